The van der Waals surface area contributed by atoms with Gasteiger partial charge in [-0.05, 0) is 32.0 Å². The number of rotatable bonds is 6. The Morgan fingerprint density at radius 1 is 1.53 bits per heavy atom. The van der Waals surface area contributed by atoms with E-state index in [2.05, 4.69) is 21.2 Å². The molecule has 94 valence electrons. The average molecular weight is 301 g/mol. The molecule has 5 heteroatoms. The number of nitrogens with one attached hydrogen (secondary N) is 1. The van der Waals surface area contributed by atoms with Crippen molar-refractivity contribution < 1.29 is 9.53 Å². The number of carbonyl (C=O) groups is 1. The second kappa shape index (κ2) is 6.02. The van der Waals surface area contributed by atoms with E-state index in [-0.39, 0.29) is 5.91 Å². The van der Waals surface area contributed by atoms with Gasteiger partial charge in [-0.1, -0.05) is 22.0 Å². The first-order valence-electron chi connectivity index (χ1n) is 5.35. The van der Waals surface area contributed by atoms with Gasteiger partial charge >= 0.3 is 0 Å². The Hall–Kier alpha value is -1.07. The van der Waals surface area contributed by atoms with Crippen molar-refractivity contribution in [2.24, 2.45) is 5.73 Å². The lowest BCUT2D eigenvalue weighted by molar-refractivity contribution is -0.123. The van der Waals surface area contributed by atoms with Crippen LogP contribution in [0.1, 0.15) is 13.8 Å². The van der Waals surface area contributed by atoms with Crippen molar-refractivity contribution in [1.82, 2.24) is 5.32 Å². The van der Waals surface area contributed by atoms with Crippen molar-refractivity contribution in [3.8, 4) is 5.75 Å². The van der Waals surface area contributed by atoms with Gasteiger partial charge in [0.1, 0.15) is 12.4 Å². The second-order valence-electron chi connectivity index (χ2n) is 4.22. The molecule has 0 radical (unpaired) electrons. The van der Waals surface area contributed by atoms with Crippen LogP contribution in [0, 0.1) is 0 Å². The molecule has 17 heavy (non-hydrogen) atoms. The van der Waals surface area contributed by atoms with Gasteiger partial charge in [-0.15, -0.1) is 0 Å². The van der Waals surface area contributed by atoms with Gasteiger partial charge in [-0.2, -0.15) is 0 Å². The molecule has 0 unspecified atom stereocenters. The molecule has 0 aliphatic carbocycles. The second-order valence-corrected chi connectivity index (χ2v) is 5.14. The number of ether oxygens (including phenoxy) is 1. The minimum atomic E-state index is -0.708. The van der Waals surface area contributed by atoms with Crippen LogP contribution in [0.25, 0.3) is 0 Å². The summed E-state index contributed by atoms with van der Waals surface area (Å²) in [6, 6.07) is 7.60. The molecule has 0 atom stereocenters. The van der Waals surface area contributed by atoms with Crippen molar-refractivity contribution in [3.05, 3.63) is 28.7 Å². The van der Waals surface area contributed by atoms with Crippen LogP contribution in [0.15, 0.2) is 28.7 Å². The zero-order valence-electron chi connectivity index (χ0n) is 10.00. The number of benzene rings is 1. The molecule has 0 heterocycles. The van der Waals surface area contributed by atoms with Gasteiger partial charge < -0.3 is 15.8 Å². The molecule has 0 saturated heterocycles. The lowest BCUT2D eigenvalue weighted by Crippen LogP contribution is -2.51. The molecule has 0 saturated carbocycles. The summed E-state index contributed by atoms with van der Waals surface area (Å²) in [5.41, 5.74) is 4.53. The van der Waals surface area contributed by atoms with Crippen LogP contribution >= 0.6 is 15.9 Å². The van der Waals surface area contributed by atoms with Gasteiger partial charge in [0, 0.05) is 11.0 Å². The van der Waals surface area contributed by atoms with Crippen molar-refractivity contribution in [3.63, 3.8) is 0 Å². The van der Waals surface area contributed by atoms with Gasteiger partial charge in [0.25, 0.3) is 0 Å². The lowest BCUT2D eigenvalue weighted by Gasteiger charge is -2.22. The summed E-state index contributed by atoms with van der Waals surface area (Å²) in [5.74, 6) is 0.415. The summed E-state index contributed by atoms with van der Waals surface area (Å²) in [6.45, 7) is 4.53. The third kappa shape index (κ3) is 4.75. The first kappa shape index (κ1) is 14.0. The summed E-state index contributed by atoms with van der Waals surface area (Å²) in [7, 11) is 0. The molecule has 0 fully saturated rings. The molecule has 0 aliphatic heterocycles. The topological polar surface area (TPSA) is 64.3 Å². The monoisotopic (exact) mass is 300 g/mol. The predicted octanol–water partition coefficient (Wildman–Crippen LogP) is 1.68. The van der Waals surface area contributed by atoms with E-state index in [1.807, 2.05) is 24.3 Å². The summed E-state index contributed by atoms with van der Waals surface area (Å²) in [4.78, 5) is 11.0. The Labute approximate surface area is 110 Å². The van der Waals surface area contributed by atoms with E-state index in [0.717, 1.165) is 10.2 Å². The molecule has 4 nitrogen and oxygen atoms in total. The molecular formula is C12H17BrN2O2. The first-order valence-corrected chi connectivity index (χ1v) is 6.14. The zero-order valence-corrected chi connectivity index (χ0v) is 11.6. The molecule has 1 rings (SSSR count). The van der Waals surface area contributed by atoms with Crippen molar-refractivity contribution in [2.75, 3.05) is 13.2 Å². The molecule has 1 aromatic rings. The minimum Gasteiger partial charge on any atom is -0.492 e. The largest absolute Gasteiger partial charge is 0.492 e. The van der Waals surface area contributed by atoms with E-state index in [1.165, 1.54) is 0 Å². The van der Waals surface area contributed by atoms with E-state index in [0.29, 0.717) is 13.2 Å². The van der Waals surface area contributed by atoms with Gasteiger partial charge in [-0.25, -0.2) is 0 Å². The molecule has 1 amide bonds. The SMILES string of the molecule is CC(C)(NCCOc1cccc(Br)c1)C(N)=O. The van der Waals surface area contributed by atoms with Crippen LogP contribution in [0.2, 0.25) is 0 Å². The number of carbonyl (C=O) groups excluding carboxylic acids is 1. The van der Waals surface area contributed by atoms with E-state index in [9.17, 15) is 4.79 Å². The predicted molar refractivity (Wildman–Crippen MR) is 70.9 cm³/mol. The highest BCUT2D eigenvalue weighted by atomic mass is 79.9. The summed E-state index contributed by atoms with van der Waals surface area (Å²) in [6.07, 6.45) is 0. The average Bonchev–Trinajstić information content (AvgIpc) is 2.24. The van der Waals surface area contributed by atoms with Crippen LogP contribution in [0.5, 0.6) is 5.75 Å². The molecule has 3 N–H and O–H groups in total. The Bertz CT molecular complexity index is 394. The number of halogens is 1. The van der Waals surface area contributed by atoms with Gasteiger partial charge in [0.2, 0.25) is 5.91 Å². The van der Waals surface area contributed by atoms with Gasteiger partial charge in [0.15, 0.2) is 0 Å². The van der Waals surface area contributed by atoms with E-state index < -0.39 is 5.54 Å². The molecule has 1 aromatic carbocycles. The zero-order chi connectivity index (χ0) is 12.9. The van der Waals surface area contributed by atoms with Crippen LogP contribution in [-0.4, -0.2) is 24.6 Å². The molecular weight excluding hydrogens is 284 g/mol. The maximum atomic E-state index is 11.0. The summed E-state index contributed by atoms with van der Waals surface area (Å²) >= 11 is 3.37. The molecule has 0 bridgehead atoms. The molecule has 0 spiro atoms. The fourth-order valence-electron chi connectivity index (χ4n) is 1.18. The van der Waals surface area contributed by atoms with Crippen molar-refractivity contribution in [1.29, 1.82) is 0 Å². The maximum absolute atomic E-state index is 11.0. The maximum Gasteiger partial charge on any atom is 0.237 e. The third-order valence-corrected chi connectivity index (χ3v) is 2.84. The Morgan fingerprint density at radius 2 is 2.24 bits per heavy atom. The first-order chi connectivity index (χ1) is 7.92. The van der Waals surface area contributed by atoms with Crippen molar-refractivity contribution in [2.45, 2.75) is 19.4 Å². The number of amides is 1. The van der Waals surface area contributed by atoms with E-state index in [1.54, 1.807) is 13.8 Å². The fourth-order valence-corrected chi connectivity index (χ4v) is 1.55. The normalized spacial score (nSPS) is 11.2. The van der Waals surface area contributed by atoms with E-state index >= 15 is 0 Å². The third-order valence-electron chi connectivity index (χ3n) is 2.35. The number of hydrogen-bond acceptors (Lipinski definition) is 3. The Kier molecular flexibility index (Phi) is 4.96. The van der Waals surface area contributed by atoms with Crippen LogP contribution in [0.3, 0.4) is 0 Å². The van der Waals surface area contributed by atoms with Crippen LogP contribution in [0.4, 0.5) is 0 Å². The van der Waals surface area contributed by atoms with Crippen LogP contribution < -0.4 is 15.8 Å². The van der Waals surface area contributed by atoms with Gasteiger partial charge in [0.05, 0.1) is 5.54 Å². The van der Waals surface area contributed by atoms with E-state index in [4.69, 9.17) is 10.5 Å². The van der Waals surface area contributed by atoms with Crippen LogP contribution in [-0.2, 0) is 4.79 Å². The number of hydrogen-bond donors (Lipinski definition) is 2. The highest BCUT2D eigenvalue weighted by Gasteiger charge is 2.23. The quantitative estimate of drug-likeness (QED) is 0.786. The number of nitrogens with two attached hydrogens (primary N) is 1. The van der Waals surface area contributed by atoms with Gasteiger partial charge in [-0.3, -0.25) is 4.79 Å². The smallest absolute Gasteiger partial charge is 0.237 e. The Morgan fingerprint density at radius 3 is 2.82 bits per heavy atom. The highest BCUT2D eigenvalue weighted by molar-refractivity contribution is 9.10. The molecule has 0 aromatic heterocycles. The highest BCUT2D eigenvalue weighted by Crippen LogP contribution is 2.17. The summed E-state index contributed by atoms with van der Waals surface area (Å²) < 4.78 is 6.49. The number of primary amides is 1. The van der Waals surface area contributed by atoms with Crippen molar-refractivity contribution >= 4 is 21.8 Å². The fraction of sp³-hybridized carbons (Fsp3) is 0.417. The standard InChI is InChI=1S/C12H17BrN2O2/c1-12(2,11(14)16)15-6-7-17-10-5-3-4-9(13)8-10/h3-5,8,15H,6-7H2,1-2H3,(H2,14,16). The lowest BCUT2D eigenvalue weighted by atomic mass is 10.1. The molecule has 0 aliphatic rings. The Balaban J connectivity index is 2.32. The summed E-state index contributed by atoms with van der Waals surface area (Å²) in [5, 5.41) is 3.03. The minimum absolute atomic E-state index is 0.375.